The predicted octanol–water partition coefficient (Wildman–Crippen LogP) is 0.982. The number of hydrazine groups is 1. The topological polar surface area (TPSA) is 61.9 Å². The van der Waals surface area contributed by atoms with Gasteiger partial charge in [0.1, 0.15) is 6.54 Å². The second-order valence-electron chi connectivity index (χ2n) is 4.67. The molecule has 0 unspecified atom stereocenters. The molecular weight excluding hydrogens is 282 g/mol. The van der Waals surface area contributed by atoms with Gasteiger partial charge in [0.25, 0.3) is 5.91 Å². The van der Waals surface area contributed by atoms with E-state index in [0.717, 1.165) is 0 Å². The van der Waals surface area contributed by atoms with Crippen LogP contribution in [0.1, 0.15) is 10.4 Å². The van der Waals surface area contributed by atoms with E-state index < -0.39 is 0 Å². The van der Waals surface area contributed by atoms with Crippen LogP contribution < -0.4 is 5.32 Å². The number of anilines is 1. The van der Waals surface area contributed by atoms with E-state index in [1.165, 1.54) is 5.01 Å². The molecule has 6 nitrogen and oxygen atoms in total. The Morgan fingerprint density at radius 2 is 1.95 bits per heavy atom. The van der Waals surface area contributed by atoms with E-state index in [2.05, 4.69) is 5.32 Å². The Morgan fingerprint density at radius 3 is 2.70 bits per heavy atom. The van der Waals surface area contributed by atoms with Crippen LogP contribution in [0.25, 0.3) is 0 Å². The largest absolute Gasteiger partial charge is 0.379 e. The Kier molecular flexibility index (Phi) is 3.60. The summed E-state index contributed by atoms with van der Waals surface area (Å²) in [5.41, 5.74) is 0.912. The summed E-state index contributed by atoms with van der Waals surface area (Å²) in [6.45, 7) is 2.29. The zero-order valence-electron chi connectivity index (χ0n) is 10.8. The molecule has 2 heterocycles. The van der Waals surface area contributed by atoms with E-state index in [9.17, 15) is 9.59 Å². The molecule has 20 heavy (non-hydrogen) atoms. The maximum Gasteiger partial charge on any atom is 0.270 e. The quantitative estimate of drug-likeness (QED) is 0.839. The Morgan fingerprint density at radius 1 is 1.20 bits per heavy atom. The number of hydrogen-bond acceptors (Lipinski definition) is 4. The number of fused-ring (bicyclic) bond motifs is 1. The summed E-state index contributed by atoms with van der Waals surface area (Å²) in [5, 5.41) is 6.52. The highest BCUT2D eigenvalue weighted by Crippen LogP contribution is 2.25. The smallest absolute Gasteiger partial charge is 0.270 e. The van der Waals surface area contributed by atoms with E-state index in [1.54, 1.807) is 18.2 Å². The summed E-state index contributed by atoms with van der Waals surface area (Å²) in [7, 11) is 0. The van der Waals surface area contributed by atoms with Crippen LogP contribution in [0.15, 0.2) is 18.2 Å². The maximum atomic E-state index is 12.6. The van der Waals surface area contributed by atoms with Crippen molar-refractivity contribution in [1.82, 2.24) is 10.0 Å². The first-order chi connectivity index (χ1) is 9.65. The number of morpholine rings is 1. The van der Waals surface area contributed by atoms with Crippen molar-refractivity contribution in [3.63, 3.8) is 0 Å². The molecule has 2 aliphatic heterocycles. The number of carbonyl (C=O) groups excluding carboxylic acids is 2. The normalized spacial score (nSPS) is 20.4. The Balaban J connectivity index is 1.96. The molecule has 1 N–H and O–H groups in total. The van der Waals surface area contributed by atoms with Gasteiger partial charge in [-0.1, -0.05) is 11.6 Å². The maximum absolute atomic E-state index is 12.6. The molecule has 2 aliphatic rings. The van der Waals surface area contributed by atoms with Crippen LogP contribution in [0.5, 0.6) is 0 Å². The van der Waals surface area contributed by atoms with Gasteiger partial charge < -0.3 is 10.1 Å². The number of benzene rings is 1. The second kappa shape index (κ2) is 5.40. The fourth-order valence-corrected chi connectivity index (χ4v) is 2.53. The SMILES string of the molecule is O=C1CN(N2CCOCC2)C(=O)c2cc(Cl)ccc2N1. The molecule has 0 bridgehead atoms. The molecule has 0 saturated carbocycles. The lowest BCUT2D eigenvalue weighted by Crippen LogP contribution is -2.52. The molecule has 0 radical (unpaired) electrons. The predicted molar refractivity (Wildman–Crippen MR) is 73.5 cm³/mol. The van der Waals surface area contributed by atoms with Crippen molar-refractivity contribution in [2.45, 2.75) is 0 Å². The average molecular weight is 296 g/mol. The van der Waals surface area contributed by atoms with Crippen molar-refractivity contribution >= 4 is 29.1 Å². The number of amides is 2. The second-order valence-corrected chi connectivity index (χ2v) is 5.10. The molecule has 2 amide bonds. The monoisotopic (exact) mass is 295 g/mol. The van der Waals surface area contributed by atoms with Crippen molar-refractivity contribution < 1.29 is 14.3 Å². The third-order valence-electron chi connectivity index (χ3n) is 3.34. The molecule has 1 saturated heterocycles. The number of halogens is 1. The summed E-state index contributed by atoms with van der Waals surface area (Å²) >= 11 is 5.95. The van der Waals surface area contributed by atoms with Gasteiger partial charge in [0.05, 0.1) is 24.5 Å². The molecule has 0 atom stereocenters. The van der Waals surface area contributed by atoms with Crippen LogP contribution in [-0.4, -0.2) is 54.7 Å². The summed E-state index contributed by atoms with van der Waals surface area (Å²) < 4.78 is 5.27. The zero-order chi connectivity index (χ0) is 14.1. The number of hydrogen-bond donors (Lipinski definition) is 1. The molecular formula is C13H14ClN3O3. The van der Waals surface area contributed by atoms with Crippen LogP contribution >= 0.6 is 11.6 Å². The third-order valence-corrected chi connectivity index (χ3v) is 3.58. The van der Waals surface area contributed by atoms with Crippen LogP contribution in [0.2, 0.25) is 5.02 Å². The van der Waals surface area contributed by atoms with Gasteiger partial charge >= 0.3 is 0 Å². The van der Waals surface area contributed by atoms with E-state index in [4.69, 9.17) is 16.3 Å². The number of carbonyl (C=O) groups is 2. The highest BCUT2D eigenvalue weighted by atomic mass is 35.5. The summed E-state index contributed by atoms with van der Waals surface area (Å²) in [6, 6.07) is 4.88. The molecule has 1 aromatic rings. The first-order valence-electron chi connectivity index (χ1n) is 6.39. The zero-order valence-corrected chi connectivity index (χ0v) is 11.5. The third kappa shape index (κ3) is 2.49. The summed E-state index contributed by atoms with van der Waals surface area (Å²) in [4.78, 5) is 24.6. The van der Waals surface area contributed by atoms with Gasteiger partial charge in [0.2, 0.25) is 5.91 Å². The number of nitrogens with one attached hydrogen (secondary N) is 1. The fourth-order valence-electron chi connectivity index (χ4n) is 2.36. The molecule has 1 fully saturated rings. The first-order valence-corrected chi connectivity index (χ1v) is 6.77. The van der Waals surface area contributed by atoms with Gasteiger partial charge in [0, 0.05) is 18.1 Å². The minimum Gasteiger partial charge on any atom is -0.379 e. The van der Waals surface area contributed by atoms with E-state index in [0.29, 0.717) is 42.6 Å². The van der Waals surface area contributed by atoms with Crippen molar-refractivity contribution in [3.8, 4) is 0 Å². The average Bonchev–Trinajstić information content (AvgIpc) is 2.58. The summed E-state index contributed by atoms with van der Waals surface area (Å²) in [5.74, 6) is -0.436. The van der Waals surface area contributed by atoms with Crippen LogP contribution in [0, 0.1) is 0 Å². The highest BCUT2D eigenvalue weighted by Gasteiger charge is 2.31. The van der Waals surface area contributed by atoms with Crippen molar-refractivity contribution in [2.24, 2.45) is 0 Å². The Bertz CT molecular complexity index is 558. The molecule has 0 aromatic heterocycles. The highest BCUT2D eigenvalue weighted by molar-refractivity contribution is 6.31. The van der Waals surface area contributed by atoms with Gasteiger partial charge in [-0.15, -0.1) is 0 Å². The number of nitrogens with zero attached hydrogens (tertiary/aromatic N) is 2. The minimum absolute atomic E-state index is 0.00509. The van der Waals surface area contributed by atoms with Crippen molar-refractivity contribution in [2.75, 3.05) is 38.2 Å². The Labute approximate surface area is 121 Å². The van der Waals surface area contributed by atoms with Gasteiger partial charge in [-0.2, -0.15) is 0 Å². The van der Waals surface area contributed by atoms with Crippen LogP contribution in [-0.2, 0) is 9.53 Å². The molecule has 3 rings (SSSR count). The molecule has 106 valence electrons. The lowest BCUT2D eigenvalue weighted by atomic mass is 10.1. The number of rotatable bonds is 1. The lowest BCUT2D eigenvalue weighted by molar-refractivity contribution is -0.123. The standard InChI is InChI=1S/C13H14ClN3O3/c14-9-1-2-11-10(7-9)13(19)17(8-12(18)15-11)16-3-5-20-6-4-16/h1-2,7H,3-6,8H2,(H,15,18). The van der Waals surface area contributed by atoms with Gasteiger partial charge in [-0.3, -0.25) is 14.6 Å². The van der Waals surface area contributed by atoms with E-state index in [-0.39, 0.29) is 18.4 Å². The molecule has 0 aliphatic carbocycles. The van der Waals surface area contributed by atoms with Gasteiger partial charge in [0.15, 0.2) is 0 Å². The minimum atomic E-state index is -0.220. The Hall–Kier alpha value is -1.63. The van der Waals surface area contributed by atoms with Gasteiger partial charge in [-0.05, 0) is 18.2 Å². The first kappa shape index (κ1) is 13.4. The van der Waals surface area contributed by atoms with E-state index in [1.807, 2.05) is 5.01 Å². The van der Waals surface area contributed by atoms with Crippen LogP contribution in [0.3, 0.4) is 0 Å². The van der Waals surface area contributed by atoms with Gasteiger partial charge in [-0.25, -0.2) is 5.01 Å². The molecule has 0 spiro atoms. The van der Waals surface area contributed by atoms with Crippen molar-refractivity contribution in [3.05, 3.63) is 28.8 Å². The fraction of sp³-hybridized carbons (Fsp3) is 0.385. The van der Waals surface area contributed by atoms with E-state index >= 15 is 0 Å². The number of ether oxygens (including phenoxy) is 1. The van der Waals surface area contributed by atoms with Crippen molar-refractivity contribution in [1.29, 1.82) is 0 Å². The summed E-state index contributed by atoms with van der Waals surface area (Å²) in [6.07, 6.45) is 0. The molecule has 7 heteroatoms. The van der Waals surface area contributed by atoms with Crippen LogP contribution in [0.4, 0.5) is 5.69 Å². The molecule has 1 aromatic carbocycles. The lowest BCUT2D eigenvalue weighted by Gasteiger charge is -2.35.